The SMILES string of the molecule is CC1(C)c2ccccc2-c2ccc(-c3cccc(N(c4ccc(-c5cccc6cccc(-c7ccccc7)c56)cc4)c4ccc(C56CC7CC(CC(C7)C5)C6)cc4)c3)cc21. The normalized spacial score (nSPS) is 21.8. The summed E-state index contributed by atoms with van der Waals surface area (Å²) in [6.07, 6.45) is 8.56. The molecule has 4 saturated carbocycles. The quantitative estimate of drug-likeness (QED) is 0.156. The number of hydrogen-bond acceptors (Lipinski definition) is 1. The second kappa shape index (κ2) is 13.7. The molecular weight excluding hydrogens is 723 g/mol. The summed E-state index contributed by atoms with van der Waals surface area (Å²) in [5.41, 5.74) is 18.5. The van der Waals surface area contributed by atoms with Crippen LogP contribution in [0, 0.1) is 17.8 Å². The van der Waals surface area contributed by atoms with Gasteiger partial charge in [-0.15, -0.1) is 0 Å². The van der Waals surface area contributed by atoms with Crippen LogP contribution < -0.4 is 4.90 Å². The Labute approximate surface area is 355 Å². The third-order valence-corrected chi connectivity index (χ3v) is 15.2. The lowest BCUT2D eigenvalue weighted by atomic mass is 9.48. The van der Waals surface area contributed by atoms with Gasteiger partial charge < -0.3 is 4.90 Å². The Morgan fingerprint density at radius 2 is 0.917 bits per heavy atom. The van der Waals surface area contributed by atoms with Gasteiger partial charge in [0.1, 0.15) is 0 Å². The van der Waals surface area contributed by atoms with Gasteiger partial charge in [-0.05, 0) is 176 Å². The van der Waals surface area contributed by atoms with Crippen LogP contribution in [0.25, 0.3) is 55.3 Å². The van der Waals surface area contributed by atoms with Crippen molar-refractivity contribution >= 4 is 27.8 Å². The first kappa shape index (κ1) is 35.7. The summed E-state index contributed by atoms with van der Waals surface area (Å²) in [6, 6.07) is 68.6. The summed E-state index contributed by atoms with van der Waals surface area (Å²) in [4.78, 5) is 2.47. The molecule has 0 aliphatic heterocycles. The summed E-state index contributed by atoms with van der Waals surface area (Å²) in [5, 5.41) is 2.55. The zero-order chi connectivity index (χ0) is 40.0. The van der Waals surface area contributed by atoms with Gasteiger partial charge in [0.15, 0.2) is 0 Å². The molecule has 0 atom stereocenters. The van der Waals surface area contributed by atoms with Crippen LogP contribution in [0.4, 0.5) is 17.1 Å². The van der Waals surface area contributed by atoms with Crippen LogP contribution in [-0.2, 0) is 10.8 Å². The van der Waals surface area contributed by atoms with Gasteiger partial charge in [0.05, 0.1) is 0 Å². The minimum Gasteiger partial charge on any atom is -0.310 e. The molecule has 1 heteroatoms. The summed E-state index contributed by atoms with van der Waals surface area (Å²) in [6.45, 7) is 4.74. The van der Waals surface area contributed by atoms with Crippen LogP contribution in [0.15, 0.2) is 182 Å². The first-order chi connectivity index (χ1) is 29.4. The Balaban J connectivity index is 0.951. The van der Waals surface area contributed by atoms with Crippen molar-refractivity contribution in [2.45, 2.75) is 63.2 Å². The Kier molecular flexibility index (Phi) is 8.15. The highest BCUT2D eigenvalue weighted by Gasteiger charge is 2.51. The first-order valence-corrected chi connectivity index (χ1v) is 22.3. The average Bonchev–Trinajstić information content (AvgIpc) is 3.51. The maximum absolute atomic E-state index is 2.50. The highest BCUT2D eigenvalue weighted by atomic mass is 15.1. The third kappa shape index (κ3) is 5.73. The number of benzene rings is 8. The predicted octanol–water partition coefficient (Wildman–Crippen LogP) is 16.1. The lowest BCUT2D eigenvalue weighted by Gasteiger charge is -2.57. The second-order valence-corrected chi connectivity index (χ2v) is 19.2. The van der Waals surface area contributed by atoms with Crippen molar-refractivity contribution in [3.05, 3.63) is 199 Å². The van der Waals surface area contributed by atoms with E-state index in [1.165, 1.54) is 116 Å². The molecule has 8 aromatic carbocycles. The number of fused-ring (bicyclic) bond motifs is 4. The van der Waals surface area contributed by atoms with Crippen LogP contribution in [0.1, 0.15) is 69.1 Å². The Bertz CT molecular complexity index is 2880. The van der Waals surface area contributed by atoms with Crippen molar-refractivity contribution in [1.82, 2.24) is 0 Å². The van der Waals surface area contributed by atoms with E-state index in [2.05, 4.69) is 201 Å². The van der Waals surface area contributed by atoms with Crippen molar-refractivity contribution in [2.75, 3.05) is 4.90 Å². The molecule has 60 heavy (non-hydrogen) atoms. The molecular formula is C59H51N. The minimum absolute atomic E-state index is 0.0439. The topological polar surface area (TPSA) is 3.24 Å². The molecule has 0 saturated heterocycles. The summed E-state index contributed by atoms with van der Waals surface area (Å²) < 4.78 is 0. The van der Waals surface area contributed by atoms with Crippen molar-refractivity contribution in [2.24, 2.45) is 17.8 Å². The summed E-state index contributed by atoms with van der Waals surface area (Å²) in [7, 11) is 0. The van der Waals surface area contributed by atoms with E-state index in [-0.39, 0.29) is 5.41 Å². The molecule has 0 radical (unpaired) electrons. The highest BCUT2D eigenvalue weighted by molar-refractivity contribution is 6.06. The van der Waals surface area contributed by atoms with E-state index in [0.717, 1.165) is 23.4 Å². The maximum Gasteiger partial charge on any atom is 0.0467 e. The van der Waals surface area contributed by atoms with E-state index in [1.807, 2.05) is 0 Å². The van der Waals surface area contributed by atoms with E-state index in [0.29, 0.717) is 5.41 Å². The molecule has 0 aromatic heterocycles. The fraction of sp³-hybridized carbons (Fsp3) is 0.220. The number of hydrogen-bond donors (Lipinski definition) is 0. The Morgan fingerprint density at radius 1 is 0.400 bits per heavy atom. The molecule has 0 N–H and O–H groups in total. The third-order valence-electron chi connectivity index (χ3n) is 15.2. The monoisotopic (exact) mass is 773 g/mol. The van der Waals surface area contributed by atoms with Crippen LogP contribution in [0.5, 0.6) is 0 Å². The molecule has 13 rings (SSSR count). The van der Waals surface area contributed by atoms with Gasteiger partial charge in [-0.3, -0.25) is 0 Å². The molecule has 4 fully saturated rings. The number of anilines is 3. The molecule has 0 amide bonds. The fourth-order valence-electron chi connectivity index (χ4n) is 12.8. The van der Waals surface area contributed by atoms with Crippen LogP contribution in [0.3, 0.4) is 0 Å². The van der Waals surface area contributed by atoms with Crippen LogP contribution >= 0.6 is 0 Å². The van der Waals surface area contributed by atoms with E-state index >= 15 is 0 Å². The average molecular weight is 774 g/mol. The first-order valence-electron chi connectivity index (χ1n) is 22.3. The minimum atomic E-state index is -0.0439. The van der Waals surface area contributed by atoms with Crippen molar-refractivity contribution in [3.8, 4) is 44.5 Å². The van der Waals surface area contributed by atoms with Gasteiger partial charge in [0.25, 0.3) is 0 Å². The standard InChI is InChI=1S/C59H51N/c1-58(2)55-20-7-6-17-53(55)54-30-23-46(35-56(54)58)45-15-8-16-50(34-45)60(49-28-24-47(25-29-49)59-36-39-31-40(37-59)33-41(32-39)38-59)48-26-21-43(22-27-48)52-19-10-14-44-13-9-18-51(57(44)52)42-11-4-3-5-12-42/h3-30,34-35,39-41H,31-33,36-38H2,1-2H3. The lowest BCUT2D eigenvalue weighted by Crippen LogP contribution is -2.48. The lowest BCUT2D eigenvalue weighted by molar-refractivity contribution is -0.00518. The van der Waals surface area contributed by atoms with Crippen molar-refractivity contribution < 1.29 is 0 Å². The van der Waals surface area contributed by atoms with Gasteiger partial charge in [-0.25, -0.2) is 0 Å². The van der Waals surface area contributed by atoms with E-state index in [4.69, 9.17) is 0 Å². The molecule has 5 aliphatic carbocycles. The van der Waals surface area contributed by atoms with Gasteiger partial charge in [0.2, 0.25) is 0 Å². The summed E-state index contributed by atoms with van der Waals surface area (Å²) >= 11 is 0. The molecule has 0 unspecified atom stereocenters. The van der Waals surface area contributed by atoms with E-state index < -0.39 is 0 Å². The van der Waals surface area contributed by atoms with E-state index in [1.54, 1.807) is 5.56 Å². The Hall–Kier alpha value is -6.18. The molecule has 0 spiro atoms. The highest BCUT2D eigenvalue weighted by Crippen LogP contribution is 2.61. The molecule has 292 valence electrons. The van der Waals surface area contributed by atoms with Crippen LogP contribution in [0.2, 0.25) is 0 Å². The molecule has 0 heterocycles. The smallest absolute Gasteiger partial charge is 0.0467 e. The molecule has 5 aliphatic rings. The number of rotatable bonds is 7. The fourth-order valence-corrected chi connectivity index (χ4v) is 12.8. The van der Waals surface area contributed by atoms with Gasteiger partial charge >= 0.3 is 0 Å². The summed E-state index contributed by atoms with van der Waals surface area (Å²) in [5.74, 6) is 2.79. The molecule has 4 bridgehead atoms. The largest absolute Gasteiger partial charge is 0.310 e. The van der Waals surface area contributed by atoms with Gasteiger partial charge in [0, 0.05) is 22.5 Å². The number of nitrogens with zero attached hydrogens (tertiary/aromatic N) is 1. The second-order valence-electron chi connectivity index (χ2n) is 19.2. The predicted molar refractivity (Wildman–Crippen MR) is 252 cm³/mol. The zero-order valence-corrected chi connectivity index (χ0v) is 34.7. The van der Waals surface area contributed by atoms with Crippen molar-refractivity contribution in [1.29, 1.82) is 0 Å². The van der Waals surface area contributed by atoms with Crippen molar-refractivity contribution in [3.63, 3.8) is 0 Å². The van der Waals surface area contributed by atoms with Gasteiger partial charge in [-0.2, -0.15) is 0 Å². The zero-order valence-electron chi connectivity index (χ0n) is 34.7. The Morgan fingerprint density at radius 3 is 1.60 bits per heavy atom. The van der Waals surface area contributed by atoms with E-state index in [9.17, 15) is 0 Å². The van der Waals surface area contributed by atoms with Crippen LogP contribution in [-0.4, -0.2) is 0 Å². The molecule has 1 nitrogen and oxygen atoms in total. The van der Waals surface area contributed by atoms with Gasteiger partial charge in [-0.1, -0.05) is 153 Å². The maximum atomic E-state index is 2.50. The molecule has 8 aromatic rings.